The van der Waals surface area contributed by atoms with Crippen molar-refractivity contribution in [3.05, 3.63) is 0 Å². The Balaban J connectivity index is 2.22. The highest BCUT2D eigenvalue weighted by Crippen LogP contribution is 2.27. The summed E-state index contributed by atoms with van der Waals surface area (Å²) in [6, 6.07) is 0. The molecule has 0 aromatic carbocycles. The molecule has 0 spiro atoms. The minimum atomic E-state index is -0.714. The van der Waals surface area contributed by atoms with Crippen molar-refractivity contribution < 1.29 is 14.3 Å². The van der Waals surface area contributed by atoms with Gasteiger partial charge in [-0.25, -0.2) is 0 Å². The second-order valence-corrected chi connectivity index (χ2v) is 4.17. The van der Waals surface area contributed by atoms with Crippen molar-refractivity contribution in [1.29, 1.82) is 0 Å². The lowest BCUT2D eigenvalue weighted by Crippen LogP contribution is -2.52. The molecule has 1 saturated carbocycles. The minimum absolute atomic E-state index is 0.144. The van der Waals surface area contributed by atoms with Gasteiger partial charge in [0.25, 0.3) is 0 Å². The van der Waals surface area contributed by atoms with E-state index in [4.69, 9.17) is 10.5 Å². The first-order valence-corrected chi connectivity index (χ1v) is 5.81. The molecule has 0 aromatic rings. The van der Waals surface area contributed by atoms with E-state index >= 15 is 0 Å². The van der Waals surface area contributed by atoms with Gasteiger partial charge in [-0.15, -0.1) is 0 Å². The van der Waals surface area contributed by atoms with Crippen LogP contribution in [0, 0.1) is 0 Å². The molecule has 0 bridgehead atoms. The molecule has 0 heterocycles. The predicted molar refractivity (Wildman–Crippen MR) is 59.6 cm³/mol. The molecule has 1 rings (SSSR count). The fourth-order valence-electron chi connectivity index (χ4n) is 1.92. The Bertz CT molecular complexity index is 260. The highest BCUT2D eigenvalue weighted by atomic mass is 16.5. The number of hydrogen-bond donors (Lipinski definition) is 2. The number of hydrogen-bond acceptors (Lipinski definition) is 4. The average Bonchev–Trinajstić information content (AvgIpc) is 2.67. The van der Waals surface area contributed by atoms with Gasteiger partial charge in [-0.3, -0.25) is 9.59 Å². The number of amides is 1. The third-order valence-electron chi connectivity index (χ3n) is 2.87. The zero-order valence-electron chi connectivity index (χ0n) is 9.75. The average molecular weight is 228 g/mol. The largest absolute Gasteiger partial charge is 0.466 e. The lowest BCUT2D eigenvalue weighted by atomic mass is 9.98. The standard InChI is InChI=1S/C11H20N2O3/c1-2-16-9(14)5-8-13-10(15)11(12)6-3-4-7-11/h2-8,12H2,1H3,(H,13,15). The Morgan fingerprint density at radius 3 is 2.56 bits per heavy atom. The van der Waals surface area contributed by atoms with Crippen LogP contribution in [0.3, 0.4) is 0 Å². The van der Waals surface area contributed by atoms with E-state index in [2.05, 4.69) is 5.32 Å². The Labute approximate surface area is 95.7 Å². The summed E-state index contributed by atoms with van der Waals surface area (Å²) in [5.41, 5.74) is 5.24. The van der Waals surface area contributed by atoms with Gasteiger partial charge in [0.2, 0.25) is 5.91 Å². The number of nitrogens with one attached hydrogen (secondary N) is 1. The number of nitrogens with two attached hydrogens (primary N) is 1. The van der Waals surface area contributed by atoms with Crippen LogP contribution in [0.25, 0.3) is 0 Å². The van der Waals surface area contributed by atoms with E-state index in [-0.39, 0.29) is 18.3 Å². The molecule has 0 aliphatic heterocycles. The van der Waals surface area contributed by atoms with Gasteiger partial charge in [-0.2, -0.15) is 0 Å². The van der Waals surface area contributed by atoms with Gasteiger partial charge in [0.15, 0.2) is 0 Å². The molecule has 1 fully saturated rings. The Hall–Kier alpha value is -1.10. The first-order valence-electron chi connectivity index (χ1n) is 5.81. The van der Waals surface area contributed by atoms with E-state index in [1.54, 1.807) is 6.92 Å². The van der Waals surface area contributed by atoms with Crippen LogP contribution >= 0.6 is 0 Å². The van der Waals surface area contributed by atoms with Crippen molar-refractivity contribution in [3.63, 3.8) is 0 Å². The normalized spacial score (nSPS) is 18.1. The Morgan fingerprint density at radius 1 is 1.38 bits per heavy atom. The van der Waals surface area contributed by atoms with Crippen molar-refractivity contribution in [1.82, 2.24) is 5.32 Å². The molecule has 0 unspecified atom stereocenters. The van der Waals surface area contributed by atoms with Gasteiger partial charge in [0.05, 0.1) is 18.6 Å². The SMILES string of the molecule is CCOC(=O)CCNC(=O)C1(N)CCCC1. The molecule has 92 valence electrons. The van der Waals surface area contributed by atoms with Gasteiger partial charge < -0.3 is 15.8 Å². The van der Waals surface area contributed by atoms with Crippen LogP contribution in [-0.2, 0) is 14.3 Å². The van der Waals surface area contributed by atoms with Crippen molar-refractivity contribution >= 4 is 11.9 Å². The molecule has 1 amide bonds. The summed E-state index contributed by atoms with van der Waals surface area (Å²) in [6.07, 6.45) is 3.68. The van der Waals surface area contributed by atoms with Crippen LogP contribution in [0.5, 0.6) is 0 Å². The van der Waals surface area contributed by atoms with Crippen LogP contribution in [0.15, 0.2) is 0 Å². The molecule has 0 saturated heterocycles. The van der Waals surface area contributed by atoms with E-state index < -0.39 is 5.54 Å². The summed E-state index contributed by atoms with van der Waals surface area (Å²) < 4.78 is 4.75. The van der Waals surface area contributed by atoms with Crippen LogP contribution < -0.4 is 11.1 Å². The molecular weight excluding hydrogens is 208 g/mol. The number of esters is 1. The third-order valence-corrected chi connectivity index (χ3v) is 2.87. The Kier molecular flexibility index (Phi) is 4.73. The van der Waals surface area contributed by atoms with E-state index in [1.807, 2.05) is 0 Å². The van der Waals surface area contributed by atoms with Gasteiger partial charge in [-0.05, 0) is 19.8 Å². The lowest BCUT2D eigenvalue weighted by Gasteiger charge is -2.21. The maximum absolute atomic E-state index is 11.7. The summed E-state index contributed by atoms with van der Waals surface area (Å²) in [5.74, 6) is -0.436. The number of carbonyl (C=O) groups excluding carboxylic acids is 2. The van der Waals surface area contributed by atoms with Gasteiger partial charge in [0, 0.05) is 6.54 Å². The maximum atomic E-state index is 11.7. The first kappa shape index (κ1) is 13.0. The van der Waals surface area contributed by atoms with Crippen LogP contribution in [-0.4, -0.2) is 30.6 Å². The summed E-state index contributed by atoms with van der Waals surface area (Å²) >= 11 is 0. The first-order chi connectivity index (χ1) is 7.58. The van der Waals surface area contributed by atoms with Crippen molar-refractivity contribution in [2.24, 2.45) is 5.73 Å². The van der Waals surface area contributed by atoms with Crippen LogP contribution in [0.1, 0.15) is 39.0 Å². The summed E-state index contributed by atoms with van der Waals surface area (Å²) in [7, 11) is 0. The van der Waals surface area contributed by atoms with E-state index in [9.17, 15) is 9.59 Å². The number of carbonyl (C=O) groups is 2. The second-order valence-electron chi connectivity index (χ2n) is 4.17. The molecule has 0 atom stereocenters. The zero-order valence-corrected chi connectivity index (χ0v) is 9.75. The van der Waals surface area contributed by atoms with Gasteiger partial charge >= 0.3 is 5.97 Å². The number of rotatable bonds is 5. The maximum Gasteiger partial charge on any atom is 0.307 e. The molecule has 1 aliphatic rings. The zero-order chi connectivity index (χ0) is 12.0. The van der Waals surface area contributed by atoms with Crippen LogP contribution in [0.2, 0.25) is 0 Å². The Morgan fingerprint density at radius 2 is 2.00 bits per heavy atom. The molecular formula is C11H20N2O3. The van der Waals surface area contributed by atoms with Gasteiger partial charge in [-0.1, -0.05) is 12.8 Å². The fourth-order valence-corrected chi connectivity index (χ4v) is 1.92. The minimum Gasteiger partial charge on any atom is -0.466 e. The summed E-state index contributed by atoms with van der Waals surface area (Å²) in [4.78, 5) is 22.7. The van der Waals surface area contributed by atoms with Crippen molar-refractivity contribution in [2.45, 2.75) is 44.6 Å². The molecule has 16 heavy (non-hydrogen) atoms. The quantitative estimate of drug-likeness (QED) is 0.664. The third kappa shape index (κ3) is 3.48. The molecule has 0 radical (unpaired) electrons. The fraction of sp³-hybridized carbons (Fsp3) is 0.818. The van der Waals surface area contributed by atoms with Crippen molar-refractivity contribution in [3.8, 4) is 0 Å². The summed E-state index contributed by atoms with van der Waals surface area (Å²) in [5, 5.41) is 2.69. The topological polar surface area (TPSA) is 81.4 Å². The molecule has 5 heteroatoms. The highest BCUT2D eigenvalue weighted by Gasteiger charge is 2.36. The summed E-state index contributed by atoms with van der Waals surface area (Å²) in [6.45, 7) is 2.42. The van der Waals surface area contributed by atoms with E-state index in [1.165, 1.54) is 0 Å². The van der Waals surface area contributed by atoms with Crippen molar-refractivity contribution in [2.75, 3.05) is 13.2 Å². The molecule has 0 aromatic heterocycles. The van der Waals surface area contributed by atoms with E-state index in [0.717, 1.165) is 25.7 Å². The van der Waals surface area contributed by atoms with E-state index in [0.29, 0.717) is 13.2 Å². The molecule has 5 nitrogen and oxygen atoms in total. The monoisotopic (exact) mass is 228 g/mol. The molecule has 3 N–H and O–H groups in total. The second kappa shape index (κ2) is 5.84. The lowest BCUT2D eigenvalue weighted by molar-refractivity contribution is -0.143. The smallest absolute Gasteiger partial charge is 0.307 e. The van der Waals surface area contributed by atoms with Crippen LogP contribution in [0.4, 0.5) is 0 Å². The highest BCUT2D eigenvalue weighted by molar-refractivity contribution is 5.86. The number of ether oxygens (including phenoxy) is 1. The van der Waals surface area contributed by atoms with Gasteiger partial charge in [0.1, 0.15) is 0 Å². The molecule has 1 aliphatic carbocycles. The predicted octanol–water partition coefficient (Wildman–Crippen LogP) is 0.327.